The Labute approximate surface area is 139 Å². The average molecular weight is 344 g/mol. The summed E-state index contributed by atoms with van der Waals surface area (Å²) in [5.41, 5.74) is 0.312. The van der Waals surface area contributed by atoms with Crippen LogP contribution in [0.1, 0.15) is 32.6 Å². The number of nitrogens with one attached hydrogen (secondary N) is 2. The number of alkyl halides is 2. The van der Waals surface area contributed by atoms with Crippen LogP contribution in [-0.4, -0.2) is 32.1 Å². The molecule has 6 nitrogen and oxygen atoms in total. The molecule has 0 saturated heterocycles. The van der Waals surface area contributed by atoms with E-state index in [0.29, 0.717) is 18.7 Å². The Bertz CT molecular complexity index is 553. The van der Waals surface area contributed by atoms with Gasteiger partial charge in [-0.1, -0.05) is 6.92 Å². The van der Waals surface area contributed by atoms with E-state index in [2.05, 4.69) is 15.4 Å². The van der Waals surface area contributed by atoms with Gasteiger partial charge >= 0.3 is 6.61 Å². The molecule has 0 aliphatic carbocycles. The van der Waals surface area contributed by atoms with Crippen LogP contribution in [0.5, 0.6) is 11.5 Å². The van der Waals surface area contributed by atoms with E-state index in [4.69, 9.17) is 4.74 Å². The summed E-state index contributed by atoms with van der Waals surface area (Å²) in [7, 11) is 1.33. The fraction of sp³-hybridized carbons (Fsp3) is 0.500. The van der Waals surface area contributed by atoms with Crippen molar-refractivity contribution in [2.45, 2.75) is 39.2 Å². The highest BCUT2D eigenvalue weighted by Crippen LogP contribution is 2.31. The first-order valence-electron chi connectivity index (χ1n) is 7.65. The molecule has 0 aliphatic rings. The lowest BCUT2D eigenvalue weighted by Crippen LogP contribution is -2.24. The van der Waals surface area contributed by atoms with Crippen molar-refractivity contribution in [3.63, 3.8) is 0 Å². The van der Waals surface area contributed by atoms with Crippen molar-refractivity contribution in [3.8, 4) is 11.5 Å². The molecule has 0 aromatic heterocycles. The molecule has 0 saturated carbocycles. The van der Waals surface area contributed by atoms with Gasteiger partial charge in [0.15, 0.2) is 11.5 Å². The van der Waals surface area contributed by atoms with Gasteiger partial charge in [-0.25, -0.2) is 0 Å². The fourth-order valence-corrected chi connectivity index (χ4v) is 1.93. The maximum absolute atomic E-state index is 12.4. The summed E-state index contributed by atoms with van der Waals surface area (Å²) in [6.07, 6.45) is 1.66. The Hall–Kier alpha value is -2.38. The highest BCUT2D eigenvalue weighted by molar-refractivity contribution is 5.91. The first-order valence-corrected chi connectivity index (χ1v) is 7.65. The molecule has 0 spiro atoms. The summed E-state index contributed by atoms with van der Waals surface area (Å²) in [5, 5.41) is 5.29. The molecule has 134 valence electrons. The van der Waals surface area contributed by atoms with E-state index in [1.807, 2.05) is 6.92 Å². The van der Waals surface area contributed by atoms with Crippen LogP contribution in [-0.2, 0) is 9.59 Å². The fourth-order valence-electron chi connectivity index (χ4n) is 1.93. The minimum absolute atomic E-state index is 0.0956. The van der Waals surface area contributed by atoms with Crippen molar-refractivity contribution < 1.29 is 27.8 Å². The molecule has 0 radical (unpaired) electrons. The molecule has 0 heterocycles. The number of carbonyl (C=O) groups is 2. The van der Waals surface area contributed by atoms with E-state index in [-0.39, 0.29) is 36.2 Å². The summed E-state index contributed by atoms with van der Waals surface area (Å²) in [6.45, 7) is -0.426. The molecule has 2 amide bonds. The monoisotopic (exact) mass is 344 g/mol. The van der Waals surface area contributed by atoms with Crippen LogP contribution in [0.15, 0.2) is 18.2 Å². The van der Waals surface area contributed by atoms with E-state index in [9.17, 15) is 18.4 Å². The molecule has 24 heavy (non-hydrogen) atoms. The van der Waals surface area contributed by atoms with Crippen LogP contribution in [0.25, 0.3) is 0 Å². The second-order valence-electron chi connectivity index (χ2n) is 5.00. The van der Waals surface area contributed by atoms with Gasteiger partial charge in [0.05, 0.1) is 7.11 Å². The van der Waals surface area contributed by atoms with Crippen molar-refractivity contribution >= 4 is 17.5 Å². The molecule has 8 heteroatoms. The zero-order chi connectivity index (χ0) is 17.9. The molecule has 2 N–H and O–H groups in total. The van der Waals surface area contributed by atoms with E-state index in [1.165, 1.54) is 25.3 Å². The lowest BCUT2D eigenvalue weighted by atomic mass is 10.2. The normalized spacial score (nSPS) is 10.4. The molecular formula is C16H22F2N2O4. The van der Waals surface area contributed by atoms with Gasteiger partial charge in [-0.15, -0.1) is 0 Å². The van der Waals surface area contributed by atoms with Gasteiger partial charge in [0.2, 0.25) is 11.8 Å². The van der Waals surface area contributed by atoms with Crippen molar-refractivity contribution in [2.75, 3.05) is 19.0 Å². The van der Waals surface area contributed by atoms with Crippen molar-refractivity contribution in [1.82, 2.24) is 5.32 Å². The Balaban J connectivity index is 2.50. The molecule has 0 unspecified atom stereocenters. The van der Waals surface area contributed by atoms with Gasteiger partial charge < -0.3 is 20.1 Å². The largest absolute Gasteiger partial charge is 0.493 e. The number of carbonyl (C=O) groups excluding carboxylic acids is 2. The lowest BCUT2D eigenvalue weighted by molar-refractivity contribution is -0.121. The molecule has 0 aliphatic heterocycles. The molecular weight excluding hydrogens is 322 g/mol. The Morgan fingerprint density at radius 3 is 2.50 bits per heavy atom. The number of halogens is 2. The van der Waals surface area contributed by atoms with Gasteiger partial charge in [0.25, 0.3) is 0 Å². The first-order chi connectivity index (χ1) is 11.5. The molecule has 0 bridgehead atoms. The van der Waals surface area contributed by atoms with Crippen LogP contribution in [0.3, 0.4) is 0 Å². The minimum Gasteiger partial charge on any atom is -0.493 e. The Morgan fingerprint density at radius 2 is 1.88 bits per heavy atom. The number of hydrogen-bond donors (Lipinski definition) is 2. The molecule has 1 aromatic carbocycles. The molecule has 1 rings (SSSR count). The summed E-state index contributed by atoms with van der Waals surface area (Å²) >= 11 is 0. The molecule has 1 aromatic rings. The smallest absolute Gasteiger partial charge is 0.387 e. The number of anilines is 1. The van der Waals surface area contributed by atoms with Crippen LogP contribution in [0.2, 0.25) is 0 Å². The van der Waals surface area contributed by atoms with Crippen LogP contribution >= 0.6 is 0 Å². The van der Waals surface area contributed by atoms with Crippen molar-refractivity contribution in [1.29, 1.82) is 0 Å². The highest BCUT2D eigenvalue weighted by Gasteiger charge is 2.12. The third kappa shape index (κ3) is 7.26. The zero-order valence-corrected chi connectivity index (χ0v) is 13.7. The number of methoxy groups -OCH3 is 1. The zero-order valence-electron chi connectivity index (χ0n) is 13.7. The number of ether oxygens (including phenoxy) is 2. The second-order valence-corrected chi connectivity index (χ2v) is 5.00. The van der Waals surface area contributed by atoms with Crippen molar-refractivity contribution in [3.05, 3.63) is 18.2 Å². The summed E-state index contributed by atoms with van der Waals surface area (Å²) in [5.74, 6) is -0.432. The highest BCUT2D eigenvalue weighted by atomic mass is 19.3. The summed E-state index contributed by atoms with van der Waals surface area (Å²) in [4.78, 5) is 23.2. The molecule has 0 atom stereocenters. The second kappa shape index (κ2) is 10.4. The van der Waals surface area contributed by atoms with Crippen LogP contribution in [0, 0.1) is 0 Å². The SMILES string of the molecule is CCCNC(=O)CCCC(=O)Nc1ccc(OC)c(OC(F)F)c1. The predicted molar refractivity (Wildman–Crippen MR) is 85.4 cm³/mol. The van der Waals surface area contributed by atoms with Gasteiger partial charge in [0.1, 0.15) is 0 Å². The third-order valence-corrected chi connectivity index (χ3v) is 3.04. The standard InChI is InChI=1S/C16H22F2N2O4/c1-3-9-19-14(21)5-4-6-15(22)20-11-7-8-12(23-2)13(10-11)24-16(17)18/h7-8,10,16H,3-6,9H2,1-2H3,(H,19,21)(H,20,22). The number of amides is 2. The van der Waals surface area contributed by atoms with Crippen LogP contribution in [0.4, 0.5) is 14.5 Å². The molecule has 0 fully saturated rings. The van der Waals surface area contributed by atoms with E-state index < -0.39 is 6.61 Å². The minimum atomic E-state index is -2.99. The number of benzene rings is 1. The maximum Gasteiger partial charge on any atom is 0.387 e. The van der Waals surface area contributed by atoms with Gasteiger partial charge in [-0.05, 0) is 25.0 Å². The van der Waals surface area contributed by atoms with E-state index in [1.54, 1.807) is 0 Å². The summed E-state index contributed by atoms with van der Waals surface area (Å²) in [6, 6.07) is 4.20. The van der Waals surface area contributed by atoms with Gasteiger partial charge in [-0.2, -0.15) is 8.78 Å². The van der Waals surface area contributed by atoms with E-state index >= 15 is 0 Å². The number of hydrogen-bond acceptors (Lipinski definition) is 4. The quantitative estimate of drug-likeness (QED) is 0.684. The Kier molecular flexibility index (Phi) is 8.53. The average Bonchev–Trinajstić information content (AvgIpc) is 2.52. The Morgan fingerprint density at radius 1 is 1.17 bits per heavy atom. The third-order valence-electron chi connectivity index (χ3n) is 3.04. The van der Waals surface area contributed by atoms with E-state index in [0.717, 1.165) is 6.42 Å². The van der Waals surface area contributed by atoms with Crippen LogP contribution < -0.4 is 20.1 Å². The maximum atomic E-state index is 12.4. The number of rotatable bonds is 10. The van der Waals surface area contributed by atoms with Gasteiger partial charge in [0, 0.05) is 31.1 Å². The van der Waals surface area contributed by atoms with Crippen molar-refractivity contribution in [2.24, 2.45) is 0 Å². The van der Waals surface area contributed by atoms with Gasteiger partial charge in [-0.3, -0.25) is 9.59 Å². The first kappa shape index (κ1) is 19.7. The topological polar surface area (TPSA) is 76.7 Å². The predicted octanol–water partition coefficient (Wildman–Crippen LogP) is 2.93. The lowest BCUT2D eigenvalue weighted by Gasteiger charge is -2.12. The summed E-state index contributed by atoms with van der Waals surface area (Å²) < 4.78 is 34.0.